The highest BCUT2D eigenvalue weighted by Gasteiger charge is 1.91. The summed E-state index contributed by atoms with van der Waals surface area (Å²) in [5, 5.41) is 5.48. The van der Waals surface area contributed by atoms with Crippen LogP contribution in [0.2, 0.25) is 0 Å². The average Bonchev–Trinajstić information content (AvgIpc) is 2.49. The molecule has 0 saturated heterocycles. The van der Waals surface area contributed by atoms with Crippen LogP contribution in [0, 0.1) is 0 Å². The van der Waals surface area contributed by atoms with Crippen molar-refractivity contribution in [3.63, 3.8) is 0 Å². The van der Waals surface area contributed by atoms with E-state index in [1.54, 1.807) is 11.3 Å². The van der Waals surface area contributed by atoms with Crippen molar-refractivity contribution in [3.8, 4) is 0 Å². The molecular weight excluding hydrogens is 166 g/mol. The van der Waals surface area contributed by atoms with Crippen molar-refractivity contribution in [1.82, 2.24) is 5.32 Å². The minimum Gasteiger partial charge on any atom is -0.312 e. The Balaban J connectivity index is 2.07. The van der Waals surface area contributed by atoms with E-state index in [2.05, 4.69) is 36.3 Å². The van der Waals surface area contributed by atoms with Gasteiger partial charge in [0.2, 0.25) is 0 Å². The molecule has 0 atom stereocenters. The Labute approximate surface area is 78.1 Å². The van der Waals surface area contributed by atoms with Gasteiger partial charge in [0, 0.05) is 11.4 Å². The van der Waals surface area contributed by atoms with Crippen LogP contribution in [-0.4, -0.2) is 6.54 Å². The first kappa shape index (κ1) is 9.49. The molecule has 1 nitrogen and oxygen atoms in total. The fourth-order valence-corrected chi connectivity index (χ4v) is 1.60. The zero-order valence-corrected chi connectivity index (χ0v) is 8.29. The fraction of sp³-hybridized carbons (Fsp3) is 0.400. The minimum absolute atomic E-state index is 0.991. The number of thiophene rings is 1. The van der Waals surface area contributed by atoms with Crippen molar-refractivity contribution in [1.29, 1.82) is 0 Å². The van der Waals surface area contributed by atoms with Crippen LogP contribution < -0.4 is 5.32 Å². The highest BCUT2D eigenvalue weighted by Crippen LogP contribution is 2.07. The van der Waals surface area contributed by atoms with Crippen LogP contribution in [0.25, 0.3) is 0 Å². The van der Waals surface area contributed by atoms with Gasteiger partial charge in [-0.2, -0.15) is 0 Å². The fourth-order valence-electron chi connectivity index (χ4n) is 0.927. The Morgan fingerprint density at radius 3 is 3.08 bits per heavy atom. The molecule has 0 unspecified atom stereocenters. The van der Waals surface area contributed by atoms with Gasteiger partial charge in [0.05, 0.1) is 0 Å². The molecule has 1 heterocycles. The van der Waals surface area contributed by atoms with E-state index in [0.29, 0.717) is 0 Å². The summed E-state index contributed by atoms with van der Waals surface area (Å²) in [6.45, 7) is 7.94. The molecule has 1 N–H and O–H groups in total. The Morgan fingerprint density at radius 1 is 1.67 bits per heavy atom. The lowest BCUT2D eigenvalue weighted by molar-refractivity contribution is 0.691. The van der Waals surface area contributed by atoms with Gasteiger partial charge in [-0.15, -0.1) is 17.9 Å². The largest absolute Gasteiger partial charge is 0.312 e. The maximum absolute atomic E-state index is 3.85. The van der Waals surface area contributed by atoms with Crippen LogP contribution >= 0.6 is 11.3 Å². The summed E-state index contributed by atoms with van der Waals surface area (Å²) < 4.78 is 0. The lowest BCUT2D eigenvalue weighted by atomic mass is 10.2. The van der Waals surface area contributed by atoms with Crippen molar-refractivity contribution in [3.05, 3.63) is 34.5 Å². The molecule has 0 amide bonds. The summed E-state index contributed by atoms with van der Waals surface area (Å²) >= 11 is 1.80. The van der Waals surface area contributed by atoms with Gasteiger partial charge in [0.25, 0.3) is 0 Å². The van der Waals surface area contributed by atoms with Crippen molar-refractivity contribution >= 4 is 11.3 Å². The summed E-state index contributed by atoms with van der Waals surface area (Å²) in [5.41, 5.74) is 1.24. The molecule has 0 bridgehead atoms. The predicted molar refractivity (Wildman–Crippen MR) is 55.5 cm³/mol. The molecule has 0 aromatic carbocycles. The molecule has 0 aliphatic carbocycles. The number of hydrogen-bond donors (Lipinski definition) is 1. The van der Waals surface area contributed by atoms with Crippen LogP contribution in [0.5, 0.6) is 0 Å². The standard InChI is InChI=1S/C10H15NS/c1-9(2)5-6-11-8-10-4-3-7-12-10/h3-4,7,11H,1,5-6,8H2,2H3. The Kier molecular flexibility index (Phi) is 4.05. The molecule has 0 spiro atoms. The van der Waals surface area contributed by atoms with Gasteiger partial charge < -0.3 is 5.32 Å². The first-order valence-corrected chi connectivity index (χ1v) is 5.04. The molecule has 12 heavy (non-hydrogen) atoms. The average molecular weight is 181 g/mol. The summed E-state index contributed by atoms with van der Waals surface area (Å²) in [5.74, 6) is 0. The van der Waals surface area contributed by atoms with Gasteiger partial charge in [0.1, 0.15) is 0 Å². The monoisotopic (exact) mass is 181 g/mol. The highest BCUT2D eigenvalue weighted by atomic mass is 32.1. The van der Waals surface area contributed by atoms with E-state index in [0.717, 1.165) is 19.5 Å². The van der Waals surface area contributed by atoms with Crippen molar-refractivity contribution in [2.45, 2.75) is 19.9 Å². The van der Waals surface area contributed by atoms with Crippen LogP contribution in [0.3, 0.4) is 0 Å². The SMILES string of the molecule is C=C(C)CCNCc1cccs1. The lowest BCUT2D eigenvalue weighted by Gasteiger charge is -2.01. The normalized spacial score (nSPS) is 10.1. The molecular formula is C10H15NS. The van der Waals surface area contributed by atoms with Crippen molar-refractivity contribution < 1.29 is 0 Å². The zero-order chi connectivity index (χ0) is 8.81. The Hall–Kier alpha value is -0.600. The first-order valence-electron chi connectivity index (χ1n) is 4.16. The van der Waals surface area contributed by atoms with Crippen LogP contribution in [0.15, 0.2) is 29.7 Å². The summed E-state index contributed by atoms with van der Waals surface area (Å²) in [6.07, 6.45) is 1.07. The Morgan fingerprint density at radius 2 is 2.50 bits per heavy atom. The lowest BCUT2D eigenvalue weighted by Crippen LogP contribution is -2.13. The second kappa shape index (κ2) is 5.12. The maximum atomic E-state index is 3.85. The topological polar surface area (TPSA) is 12.0 Å². The van der Waals surface area contributed by atoms with Gasteiger partial charge in [-0.3, -0.25) is 0 Å². The molecule has 0 aliphatic rings. The predicted octanol–water partition coefficient (Wildman–Crippen LogP) is 2.80. The van der Waals surface area contributed by atoms with Crippen LogP contribution in [-0.2, 0) is 6.54 Å². The zero-order valence-electron chi connectivity index (χ0n) is 7.47. The molecule has 1 aromatic heterocycles. The molecule has 1 rings (SSSR count). The van der Waals surface area contributed by atoms with E-state index in [9.17, 15) is 0 Å². The van der Waals surface area contributed by atoms with Gasteiger partial charge in [-0.05, 0) is 31.3 Å². The summed E-state index contributed by atoms with van der Waals surface area (Å²) in [4.78, 5) is 1.40. The van der Waals surface area contributed by atoms with Crippen molar-refractivity contribution in [2.24, 2.45) is 0 Å². The van der Waals surface area contributed by atoms with Gasteiger partial charge in [-0.1, -0.05) is 11.6 Å². The molecule has 0 saturated carbocycles. The number of rotatable bonds is 5. The second-order valence-corrected chi connectivity index (χ2v) is 4.00. The van der Waals surface area contributed by atoms with E-state index < -0.39 is 0 Å². The number of nitrogens with one attached hydrogen (secondary N) is 1. The van der Waals surface area contributed by atoms with Gasteiger partial charge in [-0.25, -0.2) is 0 Å². The molecule has 66 valence electrons. The Bertz CT molecular complexity index is 226. The molecule has 0 aliphatic heterocycles. The van der Waals surface area contributed by atoms with E-state index >= 15 is 0 Å². The number of hydrogen-bond acceptors (Lipinski definition) is 2. The first-order chi connectivity index (χ1) is 5.79. The van der Waals surface area contributed by atoms with Gasteiger partial charge >= 0.3 is 0 Å². The van der Waals surface area contributed by atoms with E-state index in [1.807, 2.05) is 0 Å². The molecule has 1 aromatic rings. The van der Waals surface area contributed by atoms with Crippen molar-refractivity contribution in [2.75, 3.05) is 6.54 Å². The van der Waals surface area contributed by atoms with Crippen LogP contribution in [0.1, 0.15) is 18.2 Å². The quantitative estimate of drug-likeness (QED) is 0.544. The molecule has 0 radical (unpaired) electrons. The summed E-state index contributed by atoms with van der Waals surface area (Å²) in [6, 6.07) is 4.23. The molecule has 2 heteroatoms. The van der Waals surface area contributed by atoms with Gasteiger partial charge in [0.15, 0.2) is 0 Å². The van der Waals surface area contributed by atoms with E-state index in [-0.39, 0.29) is 0 Å². The summed E-state index contributed by atoms with van der Waals surface area (Å²) in [7, 11) is 0. The van der Waals surface area contributed by atoms with E-state index in [4.69, 9.17) is 0 Å². The smallest absolute Gasteiger partial charge is 0.0299 e. The third-order valence-corrected chi connectivity index (χ3v) is 2.48. The third kappa shape index (κ3) is 3.69. The minimum atomic E-state index is 0.991. The van der Waals surface area contributed by atoms with E-state index in [1.165, 1.54) is 10.5 Å². The van der Waals surface area contributed by atoms with Crippen LogP contribution in [0.4, 0.5) is 0 Å². The second-order valence-electron chi connectivity index (χ2n) is 2.96. The third-order valence-electron chi connectivity index (χ3n) is 1.61. The highest BCUT2D eigenvalue weighted by molar-refractivity contribution is 7.09. The maximum Gasteiger partial charge on any atom is 0.0299 e. The molecule has 0 fully saturated rings.